The normalized spacial score (nSPS) is 14.5. The number of hydrogen-bond acceptors (Lipinski definition) is 7. The Morgan fingerprint density at radius 3 is 2.55 bits per heavy atom. The molecular weight excluding hydrogens is 464 g/mol. The fourth-order valence-corrected chi connectivity index (χ4v) is 4.54. The molecule has 0 radical (unpaired) electrons. The first-order valence-electron chi connectivity index (χ1n) is 9.57. The molecule has 0 aliphatic carbocycles. The van der Waals surface area contributed by atoms with E-state index >= 15 is 0 Å². The average Bonchev–Trinajstić information content (AvgIpc) is 3.47. The Kier molecular flexibility index (Phi) is 6.22. The zero-order chi connectivity index (χ0) is 23.5. The van der Waals surface area contributed by atoms with E-state index < -0.39 is 10.8 Å². The molecule has 1 N–H and O–H groups in total. The molecule has 0 saturated carbocycles. The molecular formula is C23H15ClN4O4S. The number of carbonyl (C=O) groups is 1. The predicted molar refractivity (Wildman–Crippen MR) is 127 cm³/mol. The maximum Gasteiger partial charge on any atom is 0.270 e. The average molecular weight is 479 g/mol. The quantitative estimate of drug-likeness (QED) is 0.221. The van der Waals surface area contributed by atoms with E-state index in [1.54, 1.807) is 22.4 Å². The molecule has 164 valence electrons. The lowest BCUT2D eigenvalue weighted by atomic mass is 10.1. The van der Waals surface area contributed by atoms with Gasteiger partial charge < -0.3 is 9.73 Å². The van der Waals surface area contributed by atoms with Gasteiger partial charge in [-0.3, -0.25) is 19.8 Å². The van der Waals surface area contributed by atoms with E-state index in [1.807, 2.05) is 36.4 Å². The standard InChI is InChI=1S/C23H15ClN4O4S/c1-26-22(29)17(12-25)23-27(14-5-3-2-4-6-14)19(13-33-23)21-10-9-20(32-21)16-8-7-15(28(30)31)11-18(16)24/h2-11,13H,1H3,(H,26,29)/b23-17-. The minimum Gasteiger partial charge on any atom is -0.454 e. The summed E-state index contributed by atoms with van der Waals surface area (Å²) in [6.07, 6.45) is 0. The molecule has 0 fully saturated rings. The van der Waals surface area contributed by atoms with E-state index in [0.29, 0.717) is 27.8 Å². The van der Waals surface area contributed by atoms with Crippen molar-refractivity contribution in [2.75, 3.05) is 11.9 Å². The van der Waals surface area contributed by atoms with Gasteiger partial charge in [-0.2, -0.15) is 5.26 Å². The third-order valence-corrected chi connectivity index (χ3v) is 6.07. The number of nitrogens with one attached hydrogen (secondary N) is 1. The van der Waals surface area contributed by atoms with E-state index in [0.717, 1.165) is 5.69 Å². The van der Waals surface area contributed by atoms with E-state index in [-0.39, 0.29) is 16.3 Å². The minimum absolute atomic E-state index is 0.0252. The molecule has 0 saturated heterocycles. The number of non-ortho nitro benzene ring substituents is 1. The number of carbonyl (C=O) groups excluding carboxylic acids is 1. The van der Waals surface area contributed by atoms with Gasteiger partial charge in [0.25, 0.3) is 11.6 Å². The van der Waals surface area contributed by atoms with Crippen LogP contribution in [0.25, 0.3) is 17.0 Å². The maximum atomic E-state index is 12.3. The largest absolute Gasteiger partial charge is 0.454 e. The highest BCUT2D eigenvalue weighted by Crippen LogP contribution is 2.45. The summed E-state index contributed by atoms with van der Waals surface area (Å²) >= 11 is 7.49. The Labute approximate surface area is 197 Å². The predicted octanol–water partition coefficient (Wildman–Crippen LogP) is 5.54. The molecule has 2 aromatic carbocycles. The Bertz CT molecular complexity index is 1360. The number of hydrogen-bond donors (Lipinski definition) is 1. The second-order valence-electron chi connectivity index (χ2n) is 6.75. The van der Waals surface area contributed by atoms with Gasteiger partial charge in [0.1, 0.15) is 22.4 Å². The highest BCUT2D eigenvalue weighted by molar-refractivity contribution is 8.06. The third kappa shape index (κ3) is 4.22. The molecule has 0 bridgehead atoms. The van der Waals surface area contributed by atoms with Crippen molar-refractivity contribution in [1.29, 1.82) is 5.26 Å². The summed E-state index contributed by atoms with van der Waals surface area (Å²) in [6, 6.07) is 18.9. The lowest BCUT2D eigenvalue weighted by Gasteiger charge is -2.23. The summed E-state index contributed by atoms with van der Waals surface area (Å²) in [5, 5.41) is 25.5. The first-order chi connectivity index (χ1) is 15.9. The summed E-state index contributed by atoms with van der Waals surface area (Å²) in [5.41, 5.74) is 1.73. The number of rotatable bonds is 5. The molecule has 1 aliphatic heterocycles. The van der Waals surface area contributed by atoms with Gasteiger partial charge in [0, 0.05) is 35.8 Å². The van der Waals surface area contributed by atoms with Crippen LogP contribution < -0.4 is 10.2 Å². The Balaban J connectivity index is 1.77. The first kappa shape index (κ1) is 22.2. The van der Waals surface area contributed by atoms with Crippen molar-refractivity contribution in [3.8, 4) is 17.4 Å². The number of para-hydroxylation sites is 1. The van der Waals surface area contributed by atoms with Gasteiger partial charge in [-0.1, -0.05) is 41.6 Å². The maximum absolute atomic E-state index is 12.3. The highest BCUT2D eigenvalue weighted by Gasteiger charge is 2.31. The molecule has 1 aromatic heterocycles. The molecule has 0 spiro atoms. The number of likely N-dealkylation sites (N-methyl/N-ethyl adjacent to an activating group) is 1. The zero-order valence-electron chi connectivity index (χ0n) is 17.1. The molecule has 33 heavy (non-hydrogen) atoms. The number of nitro groups is 1. The van der Waals surface area contributed by atoms with Gasteiger partial charge in [-0.05, 0) is 30.3 Å². The number of benzene rings is 2. The summed E-state index contributed by atoms with van der Waals surface area (Å²) in [4.78, 5) is 24.6. The number of nitro benzene ring substituents is 1. The Hall–Kier alpha value is -4.00. The second kappa shape index (κ2) is 9.24. The Morgan fingerprint density at radius 2 is 1.91 bits per heavy atom. The van der Waals surface area contributed by atoms with Crippen LogP contribution in [0.4, 0.5) is 11.4 Å². The fourth-order valence-electron chi connectivity index (χ4n) is 3.26. The molecule has 10 heteroatoms. The molecule has 1 amide bonds. The topological polar surface area (TPSA) is 112 Å². The van der Waals surface area contributed by atoms with Gasteiger partial charge in [0.15, 0.2) is 5.76 Å². The number of nitriles is 1. The molecule has 0 unspecified atom stereocenters. The van der Waals surface area contributed by atoms with Crippen LogP contribution in [-0.2, 0) is 4.79 Å². The lowest BCUT2D eigenvalue weighted by Crippen LogP contribution is -2.24. The van der Waals surface area contributed by atoms with Crippen LogP contribution in [0.5, 0.6) is 0 Å². The van der Waals surface area contributed by atoms with Gasteiger partial charge in [-0.15, -0.1) is 0 Å². The number of halogens is 1. The van der Waals surface area contributed by atoms with Crippen LogP contribution in [0.15, 0.2) is 81.1 Å². The van der Waals surface area contributed by atoms with Crippen molar-refractivity contribution in [1.82, 2.24) is 5.32 Å². The number of nitrogens with zero attached hydrogens (tertiary/aromatic N) is 3. The zero-order valence-corrected chi connectivity index (χ0v) is 18.7. The van der Waals surface area contributed by atoms with E-state index in [9.17, 15) is 20.2 Å². The SMILES string of the molecule is CNC(=O)/C(C#N)=C1\SC=C(c2ccc(-c3ccc([N+](=O)[O-])cc3Cl)o2)N1c1ccccc1. The molecule has 0 atom stereocenters. The van der Waals surface area contributed by atoms with Crippen LogP contribution in [0, 0.1) is 21.4 Å². The van der Waals surface area contributed by atoms with Crippen molar-refractivity contribution in [2.45, 2.75) is 0 Å². The summed E-state index contributed by atoms with van der Waals surface area (Å²) in [6.45, 7) is 0. The lowest BCUT2D eigenvalue weighted by molar-refractivity contribution is -0.384. The number of thioether (sulfide) groups is 1. The van der Waals surface area contributed by atoms with Crippen molar-refractivity contribution in [2.24, 2.45) is 0 Å². The van der Waals surface area contributed by atoms with Crippen molar-refractivity contribution >= 4 is 46.3 Å². The number of furan rings is 1. The van der Waals surface area contributed by atoms with Crippen molar-refractivity contribution < 1.29 is 14.1 Å². The second-order valence-corrected chi connectivity index (χ2v) is 8.01. The third-order valence-electron chi connectivity index (χ3n) is 4.81. The van der Waals surface area contributed by atoms with Crippen molar-refractivity contribution in [3.63, 3.8) is 0 Å². The molecule has 4 rings (SSSR count). The van der Waals surface area contributed by atoms with Gasteiger partial charge in [0.2, 0.25) is 0 Å². The van der Waals surface area contributed by atoms with Gasteiger partial charge >= 0.3 is 0 Å². The summed E-state index contributed by atoms with van der Waals surface area (Å²) in [5.74, 6) is 0.404. The fraction of sp³-hybridized carbons (Fsp3) is 0.0435. The molecule has 1 aliphatic rings. The molecule has 8 nitrogen and oxygen atoms in total. The summed E-state index contributed by atoms with van der Waals surface area (Å²) < 4.78 is 6.05. The monoisotopic (exact) mass is 478 g/mol. The minimum atomic E-state index is -0.519. The van der Waals surface area contributed by atoms with Gasteiger partial charge in [0.05, 0.1) is 15.6 Å². The van der Waals surface area contributed by atoms with Crippen molar-refractivity contribution in [3.05, 3.63) is 97.6 Å². The van der Waals surface area contributed by atoms with E-state index in [4.69, 9.17) is 16.0 Å². The Morgan fingerprint density at radius 1 is 1.18 bits per heavy atom. The van der Waals surface area contributed by atoms with Crippen LogP contribution in [0.2, 0.25) is 5.02 Å². The van der Waals surface area contributed by atoms with Crippen LogP contribution >= 0.6 is 23.4 Å². The van der Waals surface area contributed by atoms with E-state index in [2.05, 4.69) is 5.32 Å². The van der Waals surface area contributed by atoms with Crippen LogP contribution in [-0.4, -0.2) is 17.9 Å². The van der Waals surface area contributed by atoms with Crippen LogP contribution in [0.3, 0.4) is 0 Å². The smallest absolute Gasteiger partial charge is 0.270 e. The number of amides is 1. The van der Waals surface area contributed by atoms with E-state index in [1.165, 1.54) is 37.0 Å². The summed E-state index contributed by atoms with van der Waals surface area (Å²) in [7, 11) is 1.47. The molecule has 3 aromatic rings. The van der Waals surface area contributed by atoms with Gasteiger partial charge in [-0.25, -0.2) is 0 Å². The highest BCUT2D eigenvalue weighted by atomic mass is 35.5. The molecule has 2 heterocycles. The van der Waals surface area contributed by atoms with Crippen LogP contribution in [0.1, 0.15) is 5.76 Å². The number of anilines is 1. The first-order valence-corrected chi connectivity index (χ1v) is 10.8.